The highest BCUT2D eigenvalue weighted by Crippen LogP contribution is 2.38. The van der Waals surface area contributed by atoms with Crippen LogP contribution in [0.1, 0.15) is 30.5 Å². The van der Waals surface area contributed by atoms with E-state index < -0.39 is 0 Å². The molecule has 2 N–H and O–H groups in total. The molecule has 1 aromatic heterocycles. The summed E-state index contributed by atoms with van der Waals surface area (Å²) in [7, 11) is 1.99. The molecule has 2 unspecified atom stereocenters. The Morgan fingerprint density at radius 1 is 1.69 bits per heavy atom. The highest BCUT2D eigenvalue weighted by atomic mass is 15.3. The van der Waals surface area contributed by atoms with Crippen LogP contribution in [0.15, 0.2) is 6.20 Å². The smallest absolute Gasteiger partial charge is 0.0662 e. The number of hydrogen-bond acceptors (Lipinski definition) is 2. The van der Waals surface area contributed by atoms with Gasteiger partial charge in [-0.1, -0.05) is 6.92 Å². The second kappa shape index (κ2) is 3.14. The van der Waals surface area contributed by atoms with Gasteiger partial charge in [-0.25, -0.2) is 0 Å². The largest absolute Gasteiger partial charge is 0.330 e. The zero-order valence-electron chi connectivity index (χ0n) is 8.33. The van der Waals surface area contributed by atoms with Gasteiger partial charge in [-0.3, -0.25) is 4.68 Å². The number of hydrogen-bond donors (Lipinski definition) is 1. The van der Waals surface area contributed by atoms with Crippen LogP contribution in [0.4, 0.5) is 0 Å². The first kappa shape index (κ1) is 8.75. The van der Waals surface area contributed by atoms with Crippen molar-refractivity contribution in [2.24, 2.45) is 18.7 Å². The average molecular weight is 179 g/mol. The van der Waals surface area contributed by atoms with Gasteiger partial charge < -0.3 is 5.73 Å². The number of nitrogens with two attached hydrogens (primary N) is 1. The van der Waals surface area contributed by atoms with E-state index in [4.69, 9.17) is 5.73 Å². The fourth-order valence-electron chi connectivity index (χ4n) is 2.39. The first-order valence-corrected chi connectivity index (χ1v) is 4.95. The maximum absolute atomic E-state index is 5.61. The summed E-state index contributed by atoms with van der Waals surface area (Å²) in [5, 5.41) is 4.45. The van der Waals surface area contributed by atoms with Crippen LogP contribution in [-0.2, 0) is 13.5 Å². The maximum atomic E-state index is 5.61. The minimum atomic E-state index is 0.647. The summed E-state index contributed by atoms with van der Waals surface area (Å²) in [6.45, 7) is 3.07. The van der Waals surface area contributed by atoms with Crippen molar-refractivity contribution in [2.45, 2.75) is 25.7 Å². The van der Waals surface area contributed by atoms with Crippen molar-refractivity contribution in [3.8, 4) is 0 Å². The van der Waals surface area contributed by atoms with Crippen molar-refractivity contribution < 1.29 is 0 Å². The van der Waals surface area contributed by atoms with Gasteiger partial charge in [-0.05, 0) is 36.8 Å². The molecule has 0 saturated heterocycles. The Labute approximate surface area is 78.9 Å². The molecule has 0 spiro atoms. The van der Waals surface area contributed by atoms with Crippen LogP contribution in [-0.4, -0.2) is 16.3 Å². The predicted octanol–water partition coefficient (Wildman–Crippen LogP) is 1.04. The molecule has 0 saturated carbocycles. The van der Waals surface area contributed by atoms with Gasteiger partial charge in [0.2, 0.25) is 0 Å². The normalized spacial score (nSPS) is 26.4. The van der Waals surface area contributed by atoms with Crippen molar-refractivity contribution in [1.29, 1.82) is 0 Å². The molecule has 1 aliphatic rings. The van der Waals surface area contributed by atoms with E-state index in [2.05, 4.69) is 18.2 Å². The summed E-state index contributed by atoms with van der Waals surface area (Å²) in [4.78, 5) is 0. The summed E-state index contributed by atoms with van der Waals surface area (Å²) in [6, 6.07) is 0. The van der Waals surface area contributed by atoms with Gasteiger partial charge in [0.1, 0.15) is 0 Å². The third kappa shape index (κ3) is 1.37. The van der Waals surface area contributed by atoms with Crippen molar-refractivity contribution >= 4 is 0 Å². The fraction of sp³-hybridized carbons (Fsp3) is 0.700. The lowest BCUT2D eigenvalue weighted by atomic mass is 9.92. The molecule has 1 aliphatic carbocycles. The number of rotatable bonds is 2. The second-order valence-electron chi connectivity index (χ2n) is 4.07. The van der Waals surface area contributed by atoms with Crippen LogP contribution in [0.2, 0.25) is 0 Å². The second-order valence-corrected chi connectivity index (χ2v) is 4.07. The van der Waals surface area contributed by atoms with Crippen LogP contribution in [0, 0.1) is 5.92 Å². The van der Waals surface area contributed by atoms with E-state index in [-0.39, 0.29) is 0 Å². The Hall–Kier alpha value is -0.830. The Kier molecular flexibility index (Phi) is 2.12. The summed E-state index contributed by atoms with van der Waals surface area (Å²) in [6.07, 6.45) is 4.37. The van der Waals surface area contributed by atoms with Crippen molar-refractivity contribution in [3.63, 3.8) is 0 Å². The van der Waals surface area contributed by atoms with Gasteiger partial charge in [0.05, 0.1) is 5.69 Å². The lowest BCUT2D eigenvalue weighted by Crippen LogP contribution is -2.10. The fourth-order valence-corrected chi connectivity index (χ4v) is 2.39. The van der Waals surface area contributed by atoms with E-state index in [0.717, 1.165) is 25.3 Å². The average Bonchev–Trinajstić information content (AvgIpc) is 2.52. The predicted molar refractivity (Wildman–Crippen MR) is 52.5 cm³/mol. The van der Waals surface area contributed by atoms with Crippen LogP contribution < -0.4 is 5.73 Å². The van der Waals surface area contributed by atoms with Gasteiger partial charge in [0.25, 0.3) is 0 Å². The van der Waals surface area contributed by atoms with Gasteiger partial charge in [0.15, 0.2) is 0 Å². The van der Waals surface area contributed by atoms with Gasteiger partial charge in [0, 0.05) is 13.2 Å². The Morgan fingerprint density at radius 3 is 3.15 bits per heavy atom. The summed E-state index contributed by atoms with van der Waals surface area (Å²) < 4.78 is 1.92. The molecule has 3 heteroatoms. The number of fused-ring (bicyclic) bond motifs is 1. The topological polar surface area (TPSA) is 43.8 Å². The molecule has 3 nitrogen and oxygen atoms in total. The molecule has 0 aliphatic heterocycles. The Bertz CT molecular complexity index is 303. The molecule has 0 amide bonds. The van der Waals surface area contributed by atoms with Gasteiger partial charge >= 0.3 is 0 Å². The summed E-state index contributed by atoms with van der Waals surface area (Å²) in [5.74, 6) is 1.37. The van der Waals surface area contributed by atoms with Crippen LogP contribution >= 0.6 is 0 Å². The Balaban J connectivity index is 2.27. The monoisotopic (exact) mass is 179 g/mol. The zero-order chi connectivity index (χ0) is 9.42. The molecule has 1 aromatic rings. The molecule has 1 heterocycles. The molecule has 0 bridgehead atoms. The van der Waals surface area contributed by atoms with Gasteiger partial charge in [-0.2, -0.15) is 5.10 Å². The van der Waals surface area contributed by atoms with Crippen molar-refractivity contribution in [1.82, 2.24) is 9.78 Å². The lowest BCUT2D eigenvalue weighted by Gasteiger charge is -2.14. The first-order chi connectivity index (χ1) is 6.22. The molecular weight excluding hydrogens is 162 g/mol. The molecule has 72 valence electrons. The van der Waals surface area contributed by atoms with Crippen LogP contribution in [0.3, 0.4) is 0 Å². The van der Waals surface area contributed by atoms with E-state index in [1.807, 2.05) is 11.7 Å². The van der Waals surface area contributed by atoms with E-state index in [1.54, 1.807) is 0 Å². The highest BCUT2D eigenvalue weighted by molar-refractivity contribution is 5.28. The molecule has 2 atom stereocenters. The standard InChI is InChI=1S/C10H17N3/c1-7-5-10-9(6-13(2)12-10)8(7)3-4-11/h6-8H,3-5,11H2,1-2H3. The third-order valence-corrected chi connectivity index (χ3v) is 3.02. The highest BCUT2D eigenvalue weighted by Gasteiger charge is 2.30. The zero-order valence-corrected chi connectivity index (χ0v) is 8.33. The quantitative estimate of drug-likeness (QED) is 0.737. The number of nitrogens with zero attached hydrogens (tertiary/aromatic N) is 2. The van der Waals surface area contributed by atoms with E-state index in [9.17, 15) is 0 Å². The van der Waals surface area contributed by atoms with E-state index >= 15 is 0 Å². The molecule has 13 heavy (non-hydrogen) atoms. The minimum absolute atomic E-state index is 0.647. The summed E-state index contributed by atoms with van der Waals surface area (Å²) >= 11 is 0. The number of aryl methyl sites for hydroxylation is 1. The third-order valence-electron chi connectivity index (χ3n) is 3.02. The molecule has 2 rings (SSSR count). The lowest BCUT2D eigenvalue weighted by molar-refractivity contribution is 0.467. The number of aromatic nitrogens is 2. The van der Waals surface area contributed by atoms with Crippen molar-refractivity contribution in [3.05, 3.63) is 17.5 Å². The van der Waals surface area contributed by atoms with Crippen molar-refractivity contribution in [2.75, 3.05) is 6.54 Å². The first-order valence-electron chi connectivity index (χ1n) is 4.95. The summed E-state index contributed by atoms with van der Waals surface area (Å²) in [5.41, 5.74) is 8.32. The van der Waals surface area contributed by atoms with Crippen LogP contribution in [0.25, 0.3) is 0 Å². The molecule has 0 aromatic carbocycles. The van der Waals surface area contributed by atoms with Gasteiger partial charge in [-0.15, -0.1) is 0 Å². The van der Waals surface area contributed by atoms with E-state index in [0.29, 0.717) is 5.92 Å². The maximum Gasteiger partial charge on any atom is 0.0662 e. The molecule has 0 radical (unpaired) electrons. The SMILES string of the molecule is CC1Cc2nn(C)cc2C1CCN. The molecular formula is C10H17N3. The van der Waals surface area contributed by atoms with Crippen LogP contribution in [0.5, 0.6) is 0 Å². The van der Waals surface area contributed by atoms with E-state index in [1.165, 1.54) is 11.3 Å². The minimum Gasteiger partial charge on any atom is -0.330 e. The Morgan fingerprint density at radius 2 is 2.46 bits per heavy atom. The molecule has 0 fully saturated rings.